The van der Waals surface area contributed by atoms with E-state index < -0.39 is 0 Å². The van der Waals surface area contributed by atoms with Crippen molar-refractivity contribution < 1.29 is 14.3 Å². The quantitative estimate of drug-likeness (QED) is 0.696. The Balaban J connectivity index is 1.65. The molecule has 5 heteroatoms. The highest BCUT2D eigenvalue weighted by Crippen LogP contribution is 2.25. The van der Waals surface area contributed by atoms with Crippen LogP contribution in [0.2, 0.25) is 0 Å². The first-order chi connectivity index (χ1) is 11.7. The summed E-state index contributed by atoms with van der Waals surface area (Å²) >= 11 is 0. The highest BCUT2D eigenvalue weighted by molar-refractivity contribution is 5.79. The fourth-order valence-corrected chi connectivity index (χ4v) is 2.59. The number of likely N-dealkylation sites (N-methyl/N-ethyl adjacent to an activating group) is 1. The number of nitrogens with zero attached hydrogens (tertiary/aromatic N) is 1. The standard InChI is InChI=1S/C19H22N2O3/c1-21(9-10-22)16-5-3-15(4-6-16)20-13-18-12-14-11-17(23-2)7-8-19(14)24-18/h3-8,11-12,20,22H,9-10,13H2,1-2H3. The van der Waals surface area contributed by atoms with E-state index in [1.807, 2.05) is 60.5 Å². The second-order valence-corrected chi connectivity index (χ2v) is 5.66. The molecule has 0 aliphatic heterocycles. The third kappa shape index (κ3) is 3.63. The normalized spacial score (nSPS) is 10.8. The van der Waals surface area contributed by atoms with Gasteiger partial charge < -0.3 is 24.5 Å². The lowest BCUT2D eigenvalue weighted by atomic mass is 10.2. The molecule has 0 aliphatic carbocycles. The van der Waals surface area contributed by atoms with Crippen LogP contribution in [0.25, 0.3) is 11.0 Å². The number of aliphatic hydroxyl groups excluding tert-OH is 1. The van der Waals surface area contributed by atoms with Gasteiger partial charge in [-0.1, -0.05) is 0 Å². The first-order valence-electron chi connectivity index (χ1n) is 7.92. The van der Waals surface area contributed by atoms with Crippen molar-refractivity contribution in [3.8, 4) is 5.75 Å². The monoisotopic (exact) mass is 326 g/mol. The van der Waals surface area contributed by atoms with Gasteiger partial charge in [0, 0.05) is 30.4 Å². The van der Waals surface area contributed by atoms with E-state index >= 15 is 0 Å². The third-order valence-corrected chi connectivity index (χ3v) is 3.98. The van der Waals surface area contributed by atoms with E-state index in [2.05, 4.69) is 5.32 Å². The van der Waals surface area contributed by atoms with Crippen molar-refractivity contribution in [2.75, 3.05) is 37.5 Å². The molecule has 24 heavy (non-hydrogen) atoms. The van der Waals surface area contributed by atoms with Crippen LogP contribution in [-0.4, -0.2) is 32.4 Å². The van der Waals surface area contributed by atoms with Gasteiger partial charge >= 0.3 is 0 Å². The molecule has 0 saturated heterocycles. The van der Waals surface area contributed by atoms with Crippen molar-refractivity contribution in [1.82, 2.24) is 0 Å². The van der Waals surface area contributed by atoms with Crippen LogP contribution >= 0.6 is 0 Å². The van der Waals surface area contributed by atoms with Crippen LogP contribution in [0.3, 0.4) is 0 Å². The van der Waals surface area contributed by atoms with Crippen molar-refractivity contribution >= 4 is 22.3 Å². The van der Waals surface area contributed by atoms with E-state index in [1.165, 1.54) is 0 Å². The summed E-state index contributed by atoms with van der Waals surface area (Å²) in [5.74, 6) is 1.70. The van der Waals surface area contributed by atoms with Gasteiger partial charge in [-0.25, -0.2) is 0 Å². The van der Waals surface area contributed by atoms with Crippen molar-refractivity contribution in [3.05, 3.63) is 54.3 Å². The molecule has 0 atom stereocenters. The topological polar surface area (TPSA) is 57.9 Å². The number of methoxy groups -OCH3 is 1. The molecule has 0 fully saturated rings. The minimum absolute atomic E-state index is 0.146. The minimum Gasteiger partial charge on any atom is -0.497 e. The van der Waals surface area contributed by atoms with Crippen molar-refractivity contribution in [3.63, 3.8) is 0 Å². The molecule has 0 bridgehead atoms. The van der Waals surface area contributed by atoms with Gasteiger partial charge in [-0.3, -0.25) is 0 Å². The third-order valence-electron chi connectivity index (χ3n) is 3.98. The number of furan rings is 1. The number of hydrogen-bond donors (Lipinski definition) is 2. The highest BCUT2D eigenvalue weighted by atomic mass is 16.5. The molecule has 2 N–H and O–H groups in total. The number of hydrogen-bond acceptors (Lipinski definition) is 5. The first kappa shape index (κ1) is 16.2. The smallest absolute Gasteiger partial charge is 0.134 e. The molecule has 126 valence electrons. The molecule has 1 aromatic heterocycles. The summed E-state index contributed by atoms with van der Waals surface area (Å²) in [5, 5.41) is 13.4. The van der Waals surface area contributed by atoms with Gasteiger partial charge in [0.15, 0.2) is 0 Å². The second-order valence-electron chi connectivity index (χ2n) is 5.66. The zero-order valence-electron chi connectivity index (χ0n) is 14.0. The van der Waals surface area contributed by atoms with Crippen LogP contribution < -0.4 is 15.0 Å². The van der Waals surface area contributed by atoms with Crippen LogP contribution in [0.5, 0.6) is 5.75 Å². The summed E-state index contributed by atoms with van der Waals surface area (Å²) in [4.78, 5) is 2.01. The minimum atomic E-state index is 0.146. The molecule has 0 radical (unpaired) electrons. The summed E-state index contributed by atoms with van der Waals surface area (Å²) < 4.78 is 11.1. The average molecular weight is 326 g/mol. The lowest BCUT2D eigenvalue weighted by Crippen LogP contribution is -2.20. The van der Waals surface area contributed by atoms with Crippen molar-refractivity contribution in [2.45, 2.75) is 6.54 Å². The molecular formula is C19H22N2O3. The Morgan fingerprint density at radius 3 is 2.62 bits per heavy atom. The number of ether oxygens (including phenoxy) is 1. The van der Waals surface area contributed by atoms with Gasteiger partial charge in [-0.05, 0) is 48.5 Å². The zero-order chi connectivity index (χ0) is 16.9. The summed E-state index contributed by atoms with van der Waals surface area (Å²) in [5.41, 5.74) is 2.95. The Labute approximate surface area is 141 Å². The molecule has 3 aromatic rings. The van der Waals surface area contributed by atoms with Crippen molar-refractivity contribution in [2.24, 2.45) is 0 Å². The molecule has 0 spiro atoms. The Kier molecular flexibility index (Phi) is 4.91. The lowest BCUT2D eigenvalue weighted by molar-refractivity contribution is 0.304. The van der Waals surface area contributed by atoms with E-state index in [9.17, 15) is 0 Å². The molecule has 2 aromatic carbocycles. The molecule has 0 aliphatic rings. The van der Waals surface area contributed by atoms with E-state index in [4.69, 9.17) is 14.3 Å². The predicted octanol–water partition coefficient (Wildman–Crippen LogP) is 3.48. The Bertz CT molecular complexity index is 796. The largest absolute Gasteiger partial charge is 0.497 e. The maximum atomic E-state index is 8.98. The summed E-state index contributed by atoms with van der Waals surface area (Å²) in [6, 6.07) is 15.9. The molecule has 1 heterocycles. The highest BCUT2D eigenvalue weighted by Gasteiger charge is 2.05. The number of nitrogens with one attached hydrogen (secondary N) is 1. The predicted molar refractivity (Wildman–Crippen MR) is 96.9 cm³/mol. The van der Waals surface area contributed by atoms with Crippen LogP contribution in [0, 0.1) is 0 Å². The molecular weight excluding hydrogens is 304 g/mol. The SMILES string of the molecule is COc1ccc2oc(CNc3ccc(N(C)CCO)cc3)cc2c1. The van der Waals surface area contributed by atoms with Gasteiger partial charge in [0.05, 0.1) is 20.3 Å². The van der Waals surface area contributed by atoms with Crippen LogP contribution in [0.15, 0.2) is 52.9 Å². The molecule has 0 unspecified atom stereocenters. The number of rotatable bonds is 7. The lowest BCUT2D eigenvalue weighted by Gasteiger charge is -2.18. The van der Waals surface area contributed by atoms with Gasteiger partial charge in [0.25, 0.3) is 0 Å². The number of aliphatic hydroxyl groups is 1. The Morgan fingerprint density at radius 1 is 1.12 bits per heavy atom. The summed E-state index contributed by atoms with van der Waals surface area (Å²) in [7, 11) is 3.62. The van der Waals surface area contributed by atoms with Crippen LogP contribution in [0.1, 0.15) is 5.76 Å². The number of anilines is 2. The van der Waals surface area contributed by atoms with Gasteiger partial charge in [0.2, 0.25) is 0 Å². The van der Waals surface area contributed by atoms with Crippen LogP contribution in [-0.2, 0) is 6.54 Å². The van der Waals surface area contributed by atoms with E-state index in [0.29, 0.717) is 13.1 Å². The van der Waals surface area contributed by atoms with E-state index in [-0.39, 0.29) is 6.61 Å². The molecule has 0 amide bonds. The number of benzene rings is 2. The Morgan fingerprint density at radius 2 is 1.92 bits per heavy atom. The molecule has 3 rings (SSSR count). The summed E-state index contributed by atoms with van der Waals surface area (Å²) in [6.45, 7) is 1.38. The van der Waals surface area contributed by atoms with Gasteiger partial charge in [0.1, 0.15) is 17.1 Å². The Hall–Kier alpha value is -2.66. The average Bonchev–Trinajstić information content (AvgIpc) is 3.02. The molecule has 5 nitrogen and oxygen atoms in total. The fourth-order valence-electron chi connectivity index (χ4n) is 2.59. The maximum absolute atomic E-state index is 8.98. The van der Waals surface area contributed by atoms with E-state index in [0.717, 1.165) is 33.9 Å². The first-order valence-corrected chi connectivity index (χ1v) is 7.92. The second kappa shape index (κ2) is 7.27. The van der Waals surface area contributed by atoms with E-state index in [1.54, 1.807) is 7.11 Å². The van der Waals surface area contributed by atoms with Crippen molar-refractivity contribution in [1.29, 1.82) is 0 Å². The number of fused-ring (bicyclic) bond motifs is 1. The summed E-state index contributed by atoms with van der Waals surface area (Å²) in [6.07, 6.45) is 0. The van der Waals surface area contributed by atoms with Gasteiger partial charge in [-0.15, -0.1) is 0 Å². The zero-order valence-corrected chi connectivity index (χ0v) is 14.0. The van der Waals surface area contributed by atoms with Gasteiger partial charge in [-0.2, -0.15) is 0 Å². The maximum Gasteiger partial charge on any atom is 0.134 e. The molecule has 0 saturated carbocycles. The fraction of sp³-hybridized carbons (Fsp3) is 0.263. The van der Waals surface area contributed by atoms with Crippen LogP contribution in [0.4, 0.5) is 11.4 Å².